The van der Waals surface area contributed by atoms with Crippen LogP contribution >= 0.6 is 0 Å². The van der Waals surface area contributed by atoms with Gasteiger partial charge in [-0.1, -0.05) is 43.5 Å². The van der Waals surface area contributed by atoms with Gasteiger partial charge in [-0.3, -0.25) is 0 Å². The minimum atomic E-state index is -1.02. The molecular weight excluding hydrogens is 428 g/mol. The van der Waals surface area contributed by atoms with Crippen molar-refractivity contribution in [3.63, 3.8) is 0 Å². The minimum absolute atomic E-state index is 0.579. The fraction of sp³-hybridized carbons (Fsp3) is 0.440. The van der Waals surface area contributed by atoms with E-state index in [4.69, 9.17) is 29.2 Å². The second-order valence-electron chi connectivity index (χ2n) is 7.51. The number of aliphatic carboxylic acids is 2. The minimum Gasteiger partial charge on any atom is -0.494 e. The van der Waals surface area contributed by atoms with Crippen LogP contribution in [0.15, 0.2) is 48.5 Å². The van der Waals surface area contributed by atoms with Crippen molar-refractivity contribution in [2.24, 2.45) is 0 Å². The fourth-order valence-corrected chi connectivity index (χ4v) is 3.35. The summed E-state index contributed by atoms with van der Waals surface area (Å²) < 4.78 is 21.4. The number of hydrogen-bond acceptors (Lipinski definition) is 6. The van der Waals surface area contributed by atoms with Gasteiger partial charge < -0.3 is 29.2 Å². The summed E-state index contributed by atoms with van der Waals surface area (Å²) >= 11 is 0. The highest BCUT2D eigenvalue weighted by Gasteiger charge is 2.19. The maximum Gasteiger partial charge on any atom is 0.337 e. The molecule has 2 N–H and O–H groups in total. The number of rotatable bonds is 16. The van der Waals surface area contributed by atoms with Crippen molar-refractivity contribution in [2.75, 3.05) is 27.4 Å². The maximum absolute atomic E-state index is 11.1. The quantitative estimate of drug-likeness (QED) is 0.349. The Morgan fingerprint density at radius 2 is 0.970 bits per heavy atom. The van der Waals surface area contributed by atoms with E-state index < -0.39 is 24.1 Å². The third-order valence-electron chi connectivity index (χ3n) is 5.11. The number of carboxylic acid groups (broad SMARTS) is 2. The van der Waals surface area contributed by atoms with Crippen LogP contribution in [0.2, 0.25) is 0 Å². The van der Waals surface area contributed by atoms with Gasteiger partial charge in [0.05, 0.1) is 13.2 Å². The Labute approximate surface area is 194 Å². The maximum atomic E-state index is 11.1. The molecule has 0 radical (unpaired) electrons. The molecule has 2 atom stereocenters. The molecular formula is C25H32O8. The Morgan fingerprint density at radius 1 is 0.636 bits per heavy atom. The Kier molecular flexibility index (Phi) is 11.2. The van der Waals surface area contributed by atoms with Gasteiger partial charge in [0.2, 0.25) is 0 Å². The van der Waals surface area contributed by atoms with E-state index in [2.05, 4.69) is 0 Å². The largest absolute Gasteiger partial charge is 0.494 e. The van der Waals surface area contributed by atoms with E-state index in [1.165, 1.54) is 14.2 Å². The third-order valence-corrected chi connectivity index (χ3v) is 5.11. The monoisotopic (exact) mass is 460 g/mol. The molecule has 0 saturated heterocycles. The second-order valence-corrected chi connectivity index (χ2v) is 7.51. The van der Waals surface area contributed by atoms with E-state index in [0.29, 0.717) is 35.8 Å². The van der Waals surface area contributed by atoms with E-state index in [1.54, 1.807) is 48.5 Å². The molecule has 2 unspecified atom stereocenters. The predicted octanol–water partition coefficient (Wildman–Crippen LogP) is 4.64. The highest BCUT2D eigenvalue weighted by Crippen LogP contribution is 2.22. The summed E-state index contributed by atoms with van der Waals surface area (Å²) in [5.74, 6) is -0.631. The van der Waals surface area contributed by atoms with Crippen molar-refractivity contribution in [1.29, 1.82) is 0 Å². The van der Waals surface area contributed by atoms with E-state index in [9.17, 15) is 9.59 Å². The highest BCUT2D eigenvalue weighted by molar-refractivity contribution is 5.74. The van der Waals surface area contributed by atoms with Crippen LogP contribution in [0, 0.1) is 0 Å². The first-order valence-corrected chi connectivity index (χ1v) is 10.9. The van der Waals surface area contributed by atoms with E-state index in [-0.39, 0.29) is 0 Å². The fourth-order valence-electron chi connectivity index (χ4n) is 3.35. The molecule has 0 aliphatic carbocycles. The van der Waals surface area contributed by atoms with Gasteiger partial charge >= 0.3 is 11.9 Å². The number of methoxy groups -OCH3 is 2. The molecule has 0 amide bonds. The van der Waals surface area contributed by atoms with Crippen molar-refractivity contribution < 1.29 is 38.7 Å². The van der Waals surface area contributed by atoms with Crippen molar-refractivity contribution in [1.82, 2.24) is 0 Å². The van der Waals surface area contributed by atoms with Crippen LogP contribution in [-0.2, 0) is 19.1 Å². The molecule has 0 heterocycles. The Balaban J connectivity index is 1.55. The summed E-state index contributed by atoms with van der Waals surface area (Å²) in [6.45, 7) is 1.21. The van der Waals surface area contributed by atoms with Crippen molar-refractivity contribution in [2.45, 2.75) is 44.3 Å². The molecule has 8 nitrogen and oxygen atoms in total. The molecule has 2 aromatic rings. The van der Waals surface area contributed by atoms with Gasteiger partial charge in [0, 0.05) is 14.2 Å². The van der Waals surface area contributed by atoms with E-state index in [1.807, 2.05) is 0 Å². The number of hydrogen-bond donors (Lipinski definition) is 2. The first-order chi connectivity index (χ1) is 16.0. The average Bonchev–Trinajstić information content (AvgIpc) is 2.80. The third kappa shape index (κ3) is 8.75. The van der Waals surface area contributed by atoms with E-state index >= 15 is 0 Å². The average molecular weight is 461 g/mol. The number of unbranched alkanes of at least 4 members (excludes halogenated alkanes) is 4. The summed E-state index contributed by atoms with van der Waals surface area (Å²) in [5.41, 5.74) is 1.16. The molecule has 2 rings (SSSR count). The standard InChI is InChI=1S/C25H32O8/c1-30-22(24(26)27)18-8-12-20(13-9-18)32-16-6-4-3-5-7-17-33-21-14-10-19(11-15-21)23(31-2)25(28)29/h8-15,22-23H,3-7,16-17H2,1-2H3,(H,26,27)(H,28,29). The van der Waals surface area contributed by atoms with Gasteiger partial charge in [0.25, 0.3) is 0 Å². The normalized spacial score (nSPS) is 12.7. The Hall–Kier alpha value is -3.10. The summed E-state index contributed by atoms with van der Waals surface area (Å²) in [4.78, 5) is 22.2. The number of benzene rings is 2. The van der Waals surface area contributed by atoms with E-state index in [0.717, 1.165) is 32.1 Å². The molecule has 0 bridgehead atoms. The zero-order valence-electron chi connectivity index (χ0n) is 19.1. The van der Waals surface area contributed by atoms with Gasteiger partial charge in [0.1, 0.15) is 11.5 Å². The van der Waals surface area contributed by atoms with Crippen LogP contribution in [0.4, 0.5) is 0 Å². The number of carboxylic acids is 2. The van der Waals surface area contributed by atoms with Gasteiger partial charge in [-0.05, 0) is 48.2 Å². The Bertz CT molecular complexity index is 776. The molecule has 0 aliphatic rings. The molecule has 0 aliphatic heterocycles. The lowest BCUT2D eigenvalue weighted by molar-refractivity contribution is -0.149. The van der Waals surface area contributed by atoms with Crippen LogP contribution in [0.5, 0.6) is 11.5 Å². The van der Waals surface area contributed by atoms with Crippen LogP contribution in [0.25, 0.3) is 0 Å². The van der Waals surface area contributed by atoms with Gasteiger partial charge in [-0.25, -0.2) is 9.59 Å². The smallest absolute Gasteiger partial charge is 0.337 e. The first-order valence-electron chi connectivity index (χ1n) is 10.9. The SMILES string of the molecule is COC(C(=O)O)c1ccc(OCCCCCCCOc2ccc(C(OC)C(=O)O)cc2)cc1. The molecule has 0 spiro atoms. The lowest BCUT2D eigenvalue weighted by Gasteiger charge is -2.12. The van der Waals surface area contributed by atoms with Crippen LogP contribution in [0.3, 0.4) is 0 Å². The highest BCUT2D eigenvalue weighted by atomic mass is 16.5. The Morgan fingerprint density at radius 3 is 1.27 bits per heavy atom. The summed E-state index contributed by atoms with van der Waals surface area (Å²) in [7, 11) is 2.74. The predicted molar refractivity (Wildman–Crippen MR) is 122 cm³/mol. The zero-order valence-corrected chi connectivity index (χ0v) is 19.1. The van der Waals surface area contributed by atoms with Crippen molar-refractivity contribution >= 4 is 11.9 Å². The van der Waals surface area contributed by atoms with Crippen molar-refractivity contribution in [3.8, 4) is 11.5 Å². The number of carbonyl (C=O) groups is 2. The zero-order chi connectivity index (χ0) is 24.1. The molecule has 2 aromatic carbocycles. The van der Waals surface area contributed by atoms with Crippen LogP contribution in [0.1, 0.15) is 55.4 Å². The summed E-state index contributed by atoms with van der Waals surface area (Å²) in [6, 6.07) is 13.8. The molecule has 0 fully saturated rings. The molecule has 0 saturated carbocycles. The summed E-state index contributed by atoms with van der Waals surface area (Å²) in [6.07, 6.45) is 3.10. The topological polar surface area (TPSA) is 112 Å². The first kappa shape index (κ1) is 26.2. The second kappa shape index (κ2) is 14.1. The lowest BCUT2D eigenvalue weighted by atomic mass is 10.1. The molecule has 0 aromatic heterocycles. The number of ether oxygens (including phenoxy) is 4. The van der Waals surface area contributed by atoms with Crippen molar-refractivity contribution in [3.05, 3.63) is 59.7 Å². The molecule has 8 heteroatoms. The van der Waals surface area contributed by atoms with Gasteiger partial charge in [-0.15, -0.1) is 0 Å². The van der Waals surface area contributed by atoms with Gasteiger partial charge in [-0.2, -0.15) is 0 Å². The van der Waals surface area contributed by atoms with Gasteiger partial charge in [0.15, 0.2) is 12.2 Å². The lowest BCUT2D eigenvalue weighted by Crippen LogP contribution is -2.13. The molecule has 180 valence electrons. The molecule has 33 heavy (non-hydrogen) atoms. The van der Waals surface area contributed by atoms with Crippen LogP contribution < -0.4 is 9.47 Å². The summed E-state index contributed by atoms with van der Waals surface area (Å²) in [5, 5.41) is 18.2. The van der Waals surface area contributed by atoms with Crippen LogP contribution in [-0.4, -0.2) is 49.6 Å².